The molecule has 0 bridgehead atoms. The molecule has 0 radical (unpaired) electrons. The Kier molecular flexibility index (Phi) is 3.51. The molecule has 6 nitrogen and oxygen atoms in total. The number of rotatable bonds is 3. The summed E-state index contributed by atoms with van der Waals surface area (Å²) < 4.78 is 3.58. The molecule has 0 aliphatic heterocycles. The average Bonchev–Trinajstić information content (AvgIpc) is 2.64. The molecule has 2 rings (SSSR count). The van der Waals surface area contributed by atoms with Crippen molar-refractivity contribution in [3.63, 3.8) is 0 Å². The molecule has 0 amide bonds. The van der Waals surface area contributed by atoms with Gasteiger partial charge in [-0.25, -0.2) is 4.68 Å². The number of nitrogens with one attached hydrogen (secondary N) is 1. The maximum absolute atomic E-state index is 11.9. The number of anilines is 2. The van der Waals surface area contributed by atoms with Crippen LogP contribution in [0.2, 0.25) is 0 Å². The third kappa shape index (κ3) is 2.31. The Morgan fingerprint density at radius 2 is 2.17 bits per heavy atom. The van der Waals surface area contributed by atoms with Gasteiger partial charge in [0, 0.05) is 19.8 Å². The second-order valence-corrected chi connectivity index (χ2v) is 4.71. The normalized spacial score (nSPS) is 10.7. The van der Waals surface area contributed by atoms with Gasteiger partial charge in [-0.15, -0.1) is 0 Å². The van der Waals surface area contributed by atoms with E-state index in [1.165, 1.54) is 4.68 Å². The number of hydrogen-bond acceptors (Lipinski definition) is 4. The molecule has 0 unspecified atom stereocenters. The van der Waals surface area contributed by atoms with E-state index >= 15 is 0 Å². The largest absolute Gasteiger partial charge is 0.350 e. The van der Waals surface area contributed by atoms with Crippen LogP contribution in [0.3, 0.4) is 0 Å². The van der Waals surface area contributed by atoms with Crippen LogP contribution in [-0.4, -0.2) is 19.6 Å². The van der Waals surface area contributed by atoms with E-state index in [-0.39, 0.29) is 5.56 Å². The van der Waals surface area contributed by atoms with Gasteiger partial charge in [-0.05, 0) is 29.8 Å². The van der Waals surface area contributed by atoms with E-state index in [2.05, 4.69) is 31.4 Å². The summed E-state index contributed by atoms with van der Waals surface area (Å²) in [6.45, 7) is 4.32. The highest BCUT2D eigenvalue weighted by Gasteiger charge is 2.10. The zero-order valence-corrected chi connectivity index (χ0v) is 12.0. The minimum absolute atomic E-state index is 0.149. The molecule has 0 aromatic carbocycles. The van der Waals surface area contributed by atoms with E-state index in [0.29, 0.717) is 16.7 Å². The summed E-state index contributed by atoms with van der Waals surface area (Å²) in [5.74, 6) is 0. The summed E-state index contributed by atoms with van der Waals surface area (Å²) in [6.07, 6.45) is 3.48. The number of aromatic nitrogens is 4. The molecule has 7 heteroatoms. The standard InChI is InChI=1S/C11H14BrN5O/c1-4-17-11(18)10(12)8(5-13-17)14-9-6-16(3)15-7(9)2/h5-6,14H,4H2,1-3H3. The van der Waals surface area contributed by atoms with Crippen LogP contribution in [0.5, 0.6) is 0 Å². The Balaban J connectivity index is 2.39. The molecule has 1 N–H and O–H groups in total. The maximum Gasteiger partial charge on any atom is 0.283 e. The molecule has 2 heterocycles. The van der Waals surface area contributed by atoms with Crippen LogP contribution < -0.4 is 10.9 Å². The molecule has 0 aliphatic rings. The monoisotopic (exact) mass is 311 g/mol. The fraction of sp³-hybridized carbons (Fsp3) is 0.364. The minimum Gasteiger partial charge on any atom is -0.350 e. The number of hydrogen-bond donors (Lipinski definition) is 1. The zero-order valence-electron chi connectivity index (χ0n) is 10.4. The van der Waals surface area contributed by atoms with Gasteiger partial charge in [0.25, 0.3) is 5.56 Å². The molecule has 2 aromatic rings. The predicted octanol–water partition coefficient (Wildman–Crippen LogP) is 1.81. The first kappa shape index (κ1) is 12.8. The van der Waals surface area contributed by atoms with Gasteiger partial charge < -0.3 is 5.32 Å². The molecule has 0 fully saturated rings. The Morgan fingerprint density at radius 1 is 1.44 bits per heavy atom. The van der Waals surface area contributed by atoms with Crippen molar-refractivity contribution in [1.82, 2.24) is 19.6 Å². The third-order valence-corrected chi connectivity index (χ3v) is 3.33. The van der Waals surface area contributed by atoms with Crippen molar-refractivity contribution in [2.45, 2.75) is 20.4 Å². The highest BCUT2D eigenvalue weighted by Crippen LogP contribution is 2.23. The van der Waals surface area contributed by atoms with Gasteiger partial charge in [0.15, 0.2) is 0 Å². The van der Waals surface area contributed by atoms with Crippen molar-refractivity contribution in [2.75, 3.05) is 5.32 Å². The smallest absolute Gasteiger partial charge is 0.283 e. The van der Waals surface area contributed by atoms with Gasteiger partial charge in [-0.2, -0.15) is 10.2 Å². The molecule has 2 aromatic heterocycles. The number of aryl methyl sites for hydroxylation is 3. The third-order valence-electron chi connectivity index (χ3n) is 2.57. The molecule has 0 saturated heterocycles. The van der Waals surface area contributed by atoms with Gasteiger partial charge in [0.05, 0.1) is 23.3 Å². The minimum atomic E-state index is -0.149. The van der Waals surface area contributed by atoms with Crippen molar-refractivity contribution in [2.24, 2.45) is 7.05 Å². The average molecular weight is 312 g/mol. The maximum atomic E-state index is 11.9. The summed E-state index contributed by atoms with van der Waals surface area (Å²) in [4.78, 5) is 11.9. The lowest BCUT2D eigenvalue weighted by Gasteiger charge is -2.08. The van der Waals surface area contributed by atoms with Crippen LogP contribution in [0.1, 0.15) is 12.6 Å². The Morgan fingerprint density at radius 3 is 2.72 bits per heavy atom. The Hall–Kier alpha value is -1.63. The SMILES string of the molecule is CCn1ncc(Nc2cn(C)nc2C)c(Br)c1=O. The molecular formula is C11H14BrN5O. The first-order valence-corrected chi connectivity index (χ1v) is 6.35. The van der Waals surface area contributed by atoms with Gasteiger partial charge in [-0.1, -0.05) is 0 Å². The van der Waals surface area contributed by atoms with Crippen LogP contribution in [0.25, 0.3) is 0 Å². The molecule has 96 valence electrons. The lowest BCUT2D eigenvalue weighted by Crippen LogP contribution is -2.23. The lowest BCUT2D eigenvalue weighted by molar-refractivity contribution is 0.613. The first-order valence-electron chi connectivity index (χ1n) is 5.55. The van der Waals surface area contributed by atoms with Crippen LogP contribution in [0.15, 0.2) is 21.7 Å². The van der Waals surface area contributed by atoms with E-state index < -0.39 is 0 Å². The van der Waals surface area contributed by atoms with E-state index in [1.54, 1.807) is 10.9 Å². The number of halogens is 1. The lowest BCUT2D eigenvalue weighted by atomic mass is 10.3. The van der Waals surface area contributed by atoms with E-state index in [9.17, 15) is 4.79 Å². The second kappa shape index (κ2) is 4.93. The molecule has 0 atom stereocenters. The van der Waals surface area contributed by atoms with Gasteiger partial charge in [0.2, 0.25) is 0 Å². The number of nitrogens with zero attached hydrogens (tertiary/aromatic N) is 4. The highest BCUT2D eigenvalue weighted by atomic mass is 79.9. The molecule has 0 aliphatic carbocycles. The second-order valence-electron chi connectivity index (χ2n) is 3.92. The van der Waals surface area contributed by atoms with E-state index in [4.69, 9.17) is 0 Å². The Labute approximate surface area is 113 Å². The molecule has 18 heavy (non-hydrogen) atoms. The fourth-order valence-corrected chi connectivity index (χ4v) is 2.05. The highest BCUT2D eigenvalue weighted by molar-refractivity contribution is 9.10. The topological polar surface area (TPSA) is 64.7 Å². The van der Waals surface area contributed by atoms with Crippen LogP contribution in [-0.2, 0) is 13.6 Å². The van der Waals surface area contributed by atoms with Gasteiger partial charge in [-0.3, -0.25) is 9.48 Å². The quantitative estimate of drug-likeness (QED) is 0.939. The van der Waals surface area contributed by atoms with Crippen LogP contribution in [0, 0.1) is 6.92 Å². The summed E-state index contributed by atoms with van der Waals surface area (Å²) in [5, 5.41) is 11.5. The van der Waals surface area contributed by atoms with Crippen molar-refractivity contribution in [3.8, 4) is 0 Å². The summed E-state index contributed by atoms with van der Waals surface area (Å²) >= 11 is 3.30. The van der Waals surface area contributed by atoms with Gasteiger partial charge in [0.1, 0.15) is 4.47 Å². The molecule has 0 saturated carbocycles. The summed E-state index contributed by atoms with van der Waals surface area (Å²) in [5.41, 5.74) is 2.21. The van der Waals surface area contributed by atoms with E-state index in [0.717, 1.165) is 11.4 Å². The Bertz CT molecular complexity index is 631. The fourth-order valence-electron chi connectivity index (χ4n) is 1.64. The van der Waals surface area contributed by atoms with Gasteiger partial charge >= 0.3 is 0 Å². The predicted molar refractivity (Wildman–Crippen MR) is 73.1 cm³/mol. The summed E-state index contributed by atoms with van der Waals surface area (Å²) in [7, 11) is 1.85. The van der Waals surface area contributed by atoms with Crippen molar-refractivity contribution in [3.05, 3.63) is 32.9 Å². The van der Waals surface area contributed by atoms with Crippen LogP contribution >= 0.6 is 15.9 Å². The van der Waals surface area contributed by atoms with E-state index in [1.807, 2.05) is 27.1 Å². The zero-order chi connectivity index (χ0) is 13.3. The van der Waals surface area contributed by atoms with Crippen molar-refractivity contribution < 1.29 is 0 Å². The van der Waals surface area contributed by atoms with Crippen LogP contribution in [0.4, 0.5) is 11.4 Å². The summed E-state index contributed by atoms with van der Waals surface area (Å²) in [6, 6.07) is 0. The first-order chi connectivity index (χ1) is 8.52. The molecular weight excluding hydrogens is 298 g/mol. The molecule has 0 spiro atoms. The van der Waals surface area contributed by atoms with Crippen molar-refractivity contribution >= 4 is 27.3 Å². The van der Waals surface area contributed by atoms with Crippen molar-refractivity contribution in [1.29, 1.82) is 0 Å².